The molecule has 8 nitrogen and oxygen atoms in total. The fraction of sp³-hybridized carbons (Fsp3) is 0.250. The molecule has 34 heavy (non-hydrogen) atoms. The molecule has 176 valence electrons. The molecule has 4 aromatic rings. The number of benzene rings is 2. The van der Waals surface area contributed by atoms with Gasteiger partial charge in [0.05, 0.1) is 12.2 Å². The SMILES string of the molecule is CCn1nc(C)c2c1c(=O)n(Cc1ccc(F)cc1)c(=O)n2CC(=O)Nc1ccc(Br)c(C)c1. The summed E-state index contributed by atoms with van der Waals surface area (Å²) in [4.78, 5) is 39.7. The average Bonchev–Trinajstić information content (AvgIpc) is 3.14. The van der Waals surface area contributed by atoms with E-state index in [1.54, 1.807) is 13.0 Å². The van der Waals surface area contributed by atoms with Crippen LogP contribution in [0.4, 0.5) is 10.1 Å². The van der Waals surface area contributed by atoms with Crippen molar-refractivity contribution in [2.45, 2.75) is 40.4 Å². The molecule has 0 unspecified atom stereocenters. The zero-order chi connectivity index (χ0) is 24.6. The van der Waals surface area contributed by atoms with Crippen LogP contribution in [0.1, 0.15) is 23.7 Å². The summed E-state index contributed by atoms with van der Waals surface area (Å²) >= 11 is 3.43. The fourth-order valence-electron chi connectivity index (χ4n) is 3.92. The van der Waals surface area contributed by atoms with Crippen molar-refractivity contribution >= 4 is 38.6 Å². The Bertz CT molecular complexity index is 1520. The van der Waals surface area contributed by atoms with E-state index in [0.29, 0.717) is 29.0 Å². The second-order valence-corrected chi connectivity index (χ2v) is 8.85. The minimum atomic E-state index is -0.636. The summed E-state index contributed by atoms with van der Waals surface area (Å²) in [6.07, 6.45) is 0. The van der Waals surface area contributed by atoms with E-state index in [9.17, 15) is 18.8 Å². The molecular weight excluding hydrogens is 505 g/mol. The molecule has 1 amide bonds. The lowest BCUT2D eigenvalue weighted by molar-refractivity contribution is -0.116. The molecule has 0 aliphatic carbocycles. The lowest BCUT2D eigenvalue weighted by atomic mass is 10.2. The standard InChI is InChI=1S/C24H23BrFN5O3/c1-4-31-22-21(15(3)28-31)29(13-20(32)27-18-9-10-19(25)14(2)11-18)24(34)30(23(22)33)12-16-5-7-17(26)8-6-16/h5-11H,4,12-13H2,1-3H3,(H,27,32). The minimum Gasteiger partial charge on any atom is -0.325 e. The number of aryl methyl sites for hydroxylation is 3. The molecular formula is C24H23BrFN5O3. The van der Waals surface area contributed by atoms with Crippen LogP contribution in [0.25, 0.3) is 11.0 Å². The van der Waals surface area contributed by atoms with Crippen molar-refractivity contribution in [3.05, 3.63) is 90.4 Å². The molecule has 4 rings (SSSR count). The summed E-state index contributed by atoms with van der Waals surface area (Å²) in [5.74, 6) is -0.829. The number of fused-ring (bicyclic) bond motifs is 1. The number of nitrogens with one attached hydrogen (secondary N) is 1. The van der Waals surface area contributed by atoms with Gasteiger partial charge in [-0.05, 0) is 62.2 Å². The van der Waals surface area contributed by atoms with Crippen LogP contribution in [0.15, 0.2) is 56.5 Å². The molecule has 0 radical (unpaired) electrons. The van der Waals surface area contributed by atoms with Gasteiger partial charge in [-0.15, -0.1) is 0 Å². The summed E-state index contributed by atoms with van der Waals surface area (Å²) in [7, 11) is 0. The molecule has 10 heteroatoms. The van der Waals surface area contributed by atoms with Crippen molar-refractivity contribution in [3.63, 3.8) is 0 Å². The number of rotatable bonds is 6. The molecule has 2 heterocycles. The first-order chi connectivity index (χ1) is 16.2. The molecule has 0 atom stereocenters. The third-order valence-electron chi connectivity index (χ3n) is 5.57. The van der Waals surface area contributed by atoms with E-state index in [0.717, 1.165) is 14.6 Å². The summed E-state index contributed by atoms with van der Waals surface area (Å²) < 4.78 is 18.1. The third kappa shape index (κ3) is 4.45. The molecule has 2 aromatic carbocycles. The number of anilines is 1. The largest absolute Gasteiger partial charge is 0.332 e. The van der Waals surface area contributed by atoms with Crippen LogP contribution in [-0.4, -0.2) is 24.8 Å². The normalized spacial score (nSPS) is 11.2. The Balaban J connectivity index is 1.81. The van der Waals surface area contributed by atoms with Gasteiger partial charge in [0.1, 0.15) is 17.9 Å². The van der Waals surface area contributed by atoms with Gasteiger partial charge in [-0.1, -0.05) is 28.1 Å². The topological polar surface area (TPSA) is 90.9 Å². The molecule has 0 fully saturated rings. The molecule has 0 aliphatic heterocycles. The van der Waals surface area contributed by atoms with Crippen molar-refractivity contribution in [2.24, 2.45) is 0 Å². The predicted molar refractivity (Wildman–Crippen MR) is 132 cm³/mol. The number of hydrogen-bond acceptors (Lipinski definition) is 4. The van der Waals surface area contributed by atoms with E-state index in [2.05, 4.69) is 26.3 Å². The highest BCUT2D eigenvalue weighted by Gasteiger charge is 2.22. The summed E-state index contributed by atoms with van der Waals surface area (Å²) in [6, 6.07) is 11.0. The van der Waals surface area contributed by atoms with Gasteiger partial charge in [0.2, 0.25) is 5.91 Å². The average molecular weight is 528 g/mol. The lowest BCUT2D eigenvalue weighted by Gasteiger charge is -2.14. The Kier molecular flexibility index (Phi) is 6.52. The van der Waals surface area contributed by atoms with Crippen molar-refractivity contribution in [1.82, 2.24) is 18.9 Å². The zero-order valence-electron chi connectivity index (χ0n) is 18.9. The van der Waals surface area contributed by atoms with E-state index < -0.39 is 23.0 Å². The van der Waals surface area contributed by atoms with Crippen LogP contribution >= 0.6 is 15.9 Å². The van der Waals surface area contributed by atoms with Gasteiger partial charge in [-0.2, -0.15) is 5.10 Å². The second-order valence-electron chi connectivity index (χ2n) is 8.00. The maximum absolute atomic E-state index is 13.4. The number of aromatic nitrogens is 4. The first-order valence-corrected chi connectivity index (χ1v) is 11.5. The van der Waals surface area contributed by atoms with Gasteiger partial charge in [0.25, 0.3) is 5.56 Å². The Labute approximate surface area is 202 Å². The molecule has 0 bridgehead atoms. The predicted octanol–water partition coefficient (Wildman–Crippen LogP) is 3.59. The van der Waals surface area contributed by atoms with Gasteiger partial charge >= 0.3 is 5.69 Å². The van der Waals surface area contributed by atoms with E-state index >= 15 is 0 Å². The number of amides is 1. The van der Waals surface area contributed by atoms with Crippen LogP contribution in [-0.2, 0) is 24.4 Å². The monoisotopic (exact) mass is 527 g/mol. The first kappa shape index (κ1) is 23.6. The number of hydrogen-bond donors (Lipinski definition) is 1. The highest BCUT2D eigenvalue weighted by atomic mass is 79.9. The van der Waals surface area contributed by atoms with E-state index in [-0.39, 0.29) is 18.6 Å². The molecule has 0 saturated carbocycles. The van der Waals surface area contributed by atoms with Crippen LogP contribution < -0.4 is 16.6 Å². The zero-order valence-corrected chi connectivity index (χ0v) is 20.5. The van der Waals surface area contributed by atoms with Crippen molar-refractivity contribution in [2.75, 3.05) is 5.32 Å². The van der Waals surface area contributed by atoms with E-state index in [1.165, 1.54) is 33.5 Å². The molecule has 1 N–H and O–H groups in total. The number of halogens is 2. The first-order valence-electron chi connectivity index (χ1n) is 10.7. The van der Waals surface area contributed by atoms with E-state index in [4.69, 9.17) is 0 Å². The Morgan fingerprint density at radius 2 is 1.76 bits per heavy atom. The Morgan fingerprint density at radius 3 is 2.41 bits per heavy atom. The molecule has 2 aromatic heterocycles. The highest BCUT2D eigenvalue weighted by molar-refractivity contribution is 9.10. The summed E-state index contributed by atoms with van der Waals surface area (Å²) in [5.41, 5.74) is 2.03. The fourth-order valence-corrected chi connectivity index (χ4v) is 4.16. The maximum Gasteiger partial charge on any atom is 0.332 e. The van der Waals surface area contributed by atoms with Crippen LogP contribution in [0, 0.1) is 19.7 Å². The summed E-state index contributed by atoms with van der Waals surface area (Å²) in [5, 5.41) is 7.21. The van der Waals surface area contributed by atoms with Crippen molar-refractivity contribution in [3.8, 4) is 0 Å². The number of carbonyl (C=O) groups is 1. The van der Waals surface area contributed by atoms with Gasteiger partial charge in [-0.3, -0.25) is 23.4 Å². The molecule has 0 saturated heterocycles. The Hall–Kier alpha value is -3.53. The molecule has 0 spiro atoms. The van der Waals surface area contributed by atoms with Gasteiger partial charge in [-0.25, -0.2) is 9.18 Å². The number of nitrogens with zero attached hydrogens (tertiary/aromatic N) is 4. The van der Waals surface area contributed by atoms with Gasteiger partial charge in [0, 0.05) is 16.7 Å². The van der Waals surface area contributed by atoms with Gasteiger partial charge in [0.15, 0.2) is 5.52 Å². The molecule has 0 aliphatic rings. The minimum absolute atomic E-state index is 0.0602. The maximum atomic E-state index is 13.4. The highest BCUT2D eigenvalue weighted by Crippen LogP contribution is 2.20. The number of carbonyl (C=O) groups excluding carboxylic acids is 1. The van der Waals surface area contributed by atoms with Crippen molar-refractivity contribution < 1.29 is 9.18 Å². The van der Waals surface area contributed by atoms with Crippen molar-refractivity contribution in [1.29, 1.82) is 0 Å². The van der Waals surface area contributed by atoms with Crippen LogP contribution in [0.2, 0.25) is 0 Å². The third-order valence-corrected chi connectivity index (χ3v) is 6.46. The Morgan fingerprint density at radius 1 is 1.06 bits per heavy atom. The second kappa shape index (κ2) is 9.38. The lowest BCUT2D eigenvalue weighted by Crippen LogP contribution is -2.42. The van der Waals surface area contributed by atoms with E-state index in [1.807, 2.05) is 26.0 Å². The van der Waals surface area contributed by atoms with Gasteiger partial charge < -0.3 is 5.32 Å². The van der Waals surface area contributed by atoms with Crippen LogP contribution in [0.5, 0.6) is 0 Å². The van der Waals surface area contributed by atoms with Crippen LogP contribution in [0.3, 0.4) is 0 Å². The smallest absolute Gasteiger partial charge is 0.325 e. The quantitative estimate of drug-likeness (QED) is 0.414. The summed E-state index contributed by atoms with van der Waals surface area (Å²) in [6.45, 7) is 5.50.